The molecule has 1 heterocycles. The van der Waals surface area contributed by atoms with Crippen LogP contribution in [0.4, 0.5) is 15.8 Å². The topological polar surface area (TPSA) is 41.6 Å². The quantitative estimate of drug-likeness (QED) is 0.675. The lowest BCUT2D eigenvalue weighted by atomic mass is 10.1. The lowest BCUT2D eigenvalue weighted by Gasteiger charge is -2.28. The summed E-state index contributed by atoms with van der Waals surface area (Å²) < 4.78 is 18.2. The zero-order valence-electron chi connectivity index (χ0n) is 13.2. The second-order valence-corrected chi connectivity index (χ2v) is 5.50. The van der Waals surface area contributed by atoms with Gasteiger partial charge in [-0.05, 0) is 48.5 Å². The van der Waals surface area contributed by atoms with E-state index in [9.17, 15) is 9.18 Å². The fourth-order valence-electron chi connectivity index (χ4n) is 2.51. The molecule has 4 nitrogen and oxygen atoms in total. The van der Waals surface area contributed by atoms with Crippen molar-refractivity contribution in [2.45, 2.75) is 0 Å². The Kier molecular flexibility index (Phi) is 5.23. The summed E-state index contributed by atoms with van der Waals surface area (Å²) in [6, 6.07) is 13.5. The first-order chi connectivity index (χ1) is 11.7. The highest BCUT2D eigenvalue weighted by Crippen LogP contribution is 2.19. The van der Waals surface area contributed by atoms with Crippen molar-refractivity contribution in [2.24, 2.45) is 0 Å². The molecule has 2 aromatic carbocycles. The van der Waals surface area contributed by atoms with Crippen LogP contribution >= 0.6 is 0 Å². The number of hydrogen-bond acceptors (Lipinski definition) is 4. The van der Waals surface area contributed by atoms with E-state index in [0.717, 1.165) is 37.7 Å². The molecule has 0 radical (unpaired) electrons. The number of nitrogens with one attached hydrogen (secondary N) is 1. The van der Waals surface area contributed by atoms with Gasteiger partial charge in [0.05, 0.1) is 13.2 Å². The minimum absolute atomic E-state index is 0.174. The number of rotatable bonds is 5. The molecule has 124 valence electrons. The number of allylic oxidation sites excluding steroid dienone is 1. The summed E-state index contributed by atoms with van der Waals surface area (Å²) in [5.74, 6) is -0.526. The van der Waals surface area contributed by atoms with E-state index in [2.05, 4.69) is 10.2 Å². The Morgan fingerprint density at radius 2 is 1.71 bits per heavy atom. The number of carbonyl (C=O) groups excluding carboxylic acids is 1. The van der Waals surface area contributed by atoms with Gasteiger partial charge in [-0.15, -0.1) is 0 Å². The van der Waals surface area contributed by atoms with E-state index in [1.54, 1.807) is 6.20 Å². The van der Waals surface area contributed by atoms with Gasteiger partial charge < -0.3 is 15.0 Å². The molecule has 1 saturated heterocycles. The molecule has 0 saturated carbocycles. The van der Waals surface area contributed by atoms with Gasteiger partial charge in [-0.25, -0.2) is 4.39 Å². The van der Waals surface area contributed by atoms with Gasteiger partial charge in [-0.2, -0.15) is 0 Å². The van der Waals surface area contributed by atoms with E-state index in [1.165, 1.54) is 30.3 Å². The van der Waals surface area contributed by atoms with Crippen molar-refractivity contribution >= 4 is 17.2 Å². The van der Waals surface area contributed by atoms with Crippen LogP contribution in [0.5, 0.6) is 0 Å². The molecule has 0 aromatic heterocycles. The minimum atomic E-state index is -0.353. The summed E-state index contributed by atoms with van der Waals surface area (Å²) in [5, 5.41) is 3.07. The molecule has 0 atom stereocenters. The van der Waals surface area contributed by atoms with Crippen LogP contribution in [-0.4, -0.2) is 32.1 Å². The Balaban J connectivity index is 1.56. The molecular weight excluding hydrogens is 307 g/mol. The maximum atomic E-state index is 12.8. The van der Waals surface area contributed by atoms with E-state index >= 15 is 0 Å². The van der Waals surface area contributed by atoms with Crippen molar-refractivity contribution in [3.05, 3.63) is 72.2 Å². The van der Waals surface area contributed by atoms with Gasteiger partial charge in [0.1, 0.15) is 5.82 Å². The average Bonchev–Trinajstić information content (AvgIpc) is 2.63. The molecule has 0 amide bonds. The van der Waals surface area contributed by atoms with Gasteiger partial charge >= 0.3 is 0 Å². The summed E-state index contributed by atoms with van der Waals surface area (Å²) in [7, 11) is 0. The molecule has 1 fully saturated rings. The maximum absolute atomic E-state index is 12.8. The number of carbonyl (C=O) groups is 1. The van der Waals surface area contributed by atoms with E-state index in [1.807, 2.05) is 24.3 Å². The molecule has 0 bridgehead atoms. The second kappa shape index (κ2) is 7.75. The number of nitrogens with zero attached hydrogens (tertiary/aromatic N) is 1. The molecule has 1 N–H and O–H groups in total. The number of ketones is 1. The van der Waals surface area contributed by atoms with Gasteiger partial charge in [0, 0.05) is 42.3 Å². The van der Waals surface area contributed by atoms with Crippen LogP contribution in [0.1, 0.15) is 10.4 Å². The first-order valence-corrected chi connectivity index (χ1v) is 7.88. The number of ether oxygens (including phenoxy) is 1. The highest BCUT2D eigenvalue weighted by atomic mass is 19.1. The van der Waals surface area contributed by atoms with Crippen LogP contribution < -0.4 is 10.2 Å². The zero-order chi connectivity index (χ0) is 16.8. The van der Waals surface area contributed by atoms with Crippen molar-refractivity contribution in [1.29, 1.82) is 0 Å². The first kappa shape index (κ1) is 16.2. The SMILES string of the molecule is O=C(C=CNc1ccc(N2CCOCC2)cc1)c1ccc(F)cc1. The third kappa shape index (κ3) is 4.20. The van der Waals surface area contributed by atoms with Crippen molar-refractivity contribution in [1.82, 2.24) is 0 Å². The molecule has 2 aromatic rings. The standard InChI is InChI=1S/C19H19FN2O2/c20-16-3-1-15(2-4-16)19(23)9-10-21-17-5-7-18(8-6-17)22-11-13-24-14-12-22/h1-10,21H,11-14H2. The lowest BCUT2D eigenvalue weighted by molar-refractivity contribution is 0.104. The fourth-order valence-corrected chi connectivity index (χ4v) is 2.51. The normalized spacial score (nSPS) is 14.8. The van der Waals surface area contributed by atoms with Gasteiger partial charge in [-0.3, -0.25) is 4.79 Å². The highest BCUT2D eigenvalue weighted by molar-refractivity contribution is 6.04. The van der Waals surface area contributed by atoms with Crippen molar-refractivity contribution in [3.63, 3.8) is 0 Å². The molecule has 0 spiro atoms. The third-order valence-corrected chi connectivity index (χ3v) is 3.86. The predicted octanol–water partition coefficient (Wildman–Crippen LogP) is 3.47. The molecule has 24 heavy (non-hydrogen) atoms. The zero-order valence-corrected chi connectivity index (χ0v) is 13.2. The Morgan fingerprint density at radius 1 is 1.04 bits per heavy atom. The molecule has 3 rings (SSSR count). The monoisotopic (exact) mass is 326 g/mol. The van der Waals surface area contributed by atoms with Gasteiger partial charge in [0.25, 0.3) is 0 Å². The van der Waals surface area contributed by atoms with Gasteiger partial charge in [0.2, 0.25) is 0 Å². The summed E-state index contributed by atoms with van der Waals surface area (Å²) in [5.41, 5.74) is 2.52. The molecule has 1 aliphatic rings. The first-order valence-electron chi connectivity index (χ1n) is 7.88. The predicted molar refractivity (Wildman–Crippen MR) is 93.0 cm³/mol. The second-order valence-electron chi connectivity index (χ2n) is 5.50. The Bertz CT molecular complexity index is 705. The van der Waals surface area contributed by atoms with Crippen LogP contribution in [0.15, 0.2) is 60.8 Å². The number of hydrogen-bond donors (Lipinski definition) is 1. The highest BCUT2D eigenvalue weighted by Gasteiger charge is 2.10. The van der Waals surface area contributed by atoms with Crippen molar-refractivity contribution in [2.75, 3.05) is 36.5 Å². The number of benzene rings is 2. The number of anilines is 2. The fraction of sp³-hybridized carbons (Fsp3) is 0.211. The summed E-state index contributed by atoms with van der Waals surface area (Å²) >= 11 is 0. The van der Waals surface area contributed by atoms with Crippen LogP contribution in [0.3, 0.4) is 0 Å². The van der Waals surface area contributed by atoms with Gasteiger partial charge in [-0.1, -0.05) is 0 Å². The van der Waals surface area contributed by atoms with Crippen LogP contribution in [0.2, 0.25) is 0 Å². The number of halogens is 1. The number of morpholine rings is 1. The molecule has 0 aliphatic carbocycles. The van der Waals surface area contributed by atoms with E-state index < -0.39 is 0 Å². The van der Waals surface area contributed by atoms with E-state index in [0.29, 0.717) is 5.56 Å². The minimum Gasteiger partial charge on any atom is -0.378 e. The van der Waals surface area contributed by atoms with Crippen molar-refractivity contribution < 1.29 is 13.9 Å². The van der Waals surface area contributed by atoms with Crippen LogP contribution in [0.25, 0.3) is 0 Å². The molecule has 1 aliphatic heterocycles. The van der Waals surface area contributed by atoms with Gasteiger partial charge in [0.15, 0.2) is 5.78 Å². The lowest BCUT2D eigenvalue weighted by Crippen LogP contribution is -2.36. The summed E-state index contributed by atoms with van der Waals surface area (Å²) in [6.07, 6.45) is 3.03. The van der Waals surface area contributed by atoms with Crippen molar-refractivity contribution in [3.8, 4) is 0 Å². The van der Waals surface area contributed by atoms with E-state index in [-0.39, 0.29) is 11.6 Å². The molecule has 5 heteroatoms. The smallest absolute Gasteiger partial charge is 0.187 e. The third-order valence-electron chi connectivity index (χ3n) is 3.86. The Labute approximate surface area is 140 Å². The Hall–Kier alpha value is -2.66. The summed E-state index contributed by atoms with van der Waals surface area (Å²) in [6.45, 7) is 3.32. The summed E-state index contributed by atoms with van der Waals surface area (Å²) in [4.78, 5) is 14.2. The van der Waals surface area contributed by atoms with E-state index in [4.69, 9.17) is 4.74 Å². The molecule has 0 unspecified atom stereocenters. The van der Waals surface area contributed by atoms with Crippen LogP contribution in [0, 0.1) is 5.82 Å². The average molecular weight is 326 g/mol. The molecular formula is C19H19FN2O2. The Morgan fingerprint density at radius 3 is 2.38 bits per heavy atom. The maximum Gasteiger partial charge on any atom is 0.187 e. The van der Waals surface area contributed by atoms with Crippen LogP contribution in [-0.2, 0) is 4.74 Å². The largest absolute Gasteiger partial charge is 0.378 e.